The molecule has 0 atom stereocenters. The Morgan fingerprint density at radius 3 is 2.56 bits per heavy atom. The average Bonchev–Trinajstić information content (AvgIpc) is 3.41. The first kappa shape index (κ1) is 22.1. The molecule has 4 rings (SSSR count). The molecule has 0 fully saturated rings. The first-order valence-electron chi connectivity index (χ1n) is 9.14. The van der Waals surface area contributed by atoms with Crippen molar-refractivity contribution < 1.29 is 13.9 Å². The van der Waals surface area contributed by atoms with Crippen LogP contribution in [0.5, 0.6) is 5.75 Å². The highest BCUT2D eigenvalue weighted by Crippen LogP contribution is 2.25. The van der Waals surface area contributed by atoms with Gasteiger partial charge in [-0.1, -0.05) is 40.9 Å². The molecule has 32 heavy (non-hydrogen) atoms. The third-order valence-electron chi connectivity index (χ3n) is 4.27. The topological polar surface area (TPSA) is 86.9 Å². The van der Waals surface area contributed by atoms with Gasteiger partial charge in [-0.3, -0.25) is 10.1 Å². The van der Waals surface area contributed by atoms with Crippen molar-refractivity contribution in [2.24, 2.45) is 0 Å². The summed E-state index contributed by atoms with van der Waals surface area (Å²) in [7, 11) is 0. The molecule has 0 aliphatic carbocycles. The molecule has 2 heterocycles. The monoisotopic (exact) mass is 494 g/mol. The second-order valence-electron chi connectivity index (χ2n) is 6.51. The van der Waals surface area contributed by atoms with Crippen LogP contribution < -0.4 is 10.1 Å². The lowest BCUT2D eigenvalue weighted by atomic mass is 10.2. The molecular formula is C20H14Cl3FN6O2. The van der Waals surface area contributed by atoms with Gasteiger partial charge in [0, 0.05) is 27.9 Å². The minimum atomic E-state index is -0.539. The van der Waals surface area contributed by atoms with Gasteiger partial charge >= 0.3 is 0 Å². The summed E-state index contributed by atoms with van der Waals surface area (Å²) in [6.45, 7) is 0.293. The second kappa shape index (κ2) is 9.56. The quantitative estimate of drug-likeness (QED) is 0.394. The Morgan fingerprint density at radius 1 is 1.03 bits per heavy atom. The molecule has 8 nitrogen and oxygen atoms in total. The number of hydrogen-bond acceptors (Lipinski definition) is 5. The Balaban J connectivity index is 1.35. The zero-order chi connectivity index (χ0) is 22.7. The number of hydrogen-bond donors (Lipinski definition) is 1. The highest BCUT2D eigenvalue weighted by atomic mass is 35.5. The van der Waals surface area contributed by atoms with E-state index in [2.05, 4.69) is 20.5 Å². The zero-order valence-corrected chi connectivity index (χ0v) is 18.4. The van der Waals surface area contributed by atoms with Crippen molar-refractivity contribution >= 4 is 46.7 Å². The van der Waals surface area contributed by atoms with Crippen molar-refractivity contribution in [3.05, 3.63) is 87.1 Å². The van der Waals surface area contributed by atoms with Crippen LogP contribution in [0, 0.1) is 5.82 Å². The van der Waals surface area contributed by atoms with Gasteiger partial charge in [0.1, 0.15) is 17.9 Å². The largest absolute Gasteiger partial charge is 0.471 e. The van der Waals surface area contributed by atoms with Gasteiger partial charge in [0.05, 0.1) is 11.6 Å². The molecule has 0 aliphatic heterocycles. The van der Waals surface area contributed by atoms with Gasteiger partial charge in [0.2, 0.25) is 5.95 Å². The molecule has 0 saturated heterocycles. The predicted octanol–water partition coefficient (Wildman–Crippen LogP) is 4.91. The number of ether oxygens (including phenoxy) is 1. The average molecular weight is 496 g/mol. The van der Waals surface area contributed by atoms with Crippen molar-refractivity contribution in [2.45, 2.75) is 13.3 Å². The number of carbonyl (C=O) groups is 1. The van der Waals surface area contributed by atoms with Gasteiger partial charge in [0.15, 0.2) is 12.4 Å². The van der Waals surface area contributed by atoms with Gasteiger partial charge in [0.25, 0.3) is 5.91 Å². The number of benzene rings is 2. The van der Waals surface area contributed by atoms with Crippen molar-refractivity contribution in [1.82, 2.24) is 24.5 Å². The molecule has 12 heteroatoms. The van der Waals surface area contributed by atoms with Crippen LogP contribution in [0.2, 0.25) is 15.1 Å². The Kier molecular flexibility index (Phi) is 6.59. The summed E-state index contributed by atoms with van der Waals surface area (Å²) < 4.78 is 21.6. The second-order valence-corrected chi connectivity index (χ2v) is 7.73. The van der Waals surface area contributed by atoms with Gasteiger partial charge in [-0.05, 0) is 30.3 Å². The molecule has 0 spiro atoms. The summed E-state index contributed by atoms with van der Waals surface area (Å²) in [5.74, 6) is -0.568. The molecule has 0 unspecified atom stereocenters. The van der Waals surface area contributed by atoms with Gasteiger partial charge in [-0.25, -0.2) is 18.7 Å². The van der Waals surface area contributed by atoms with E-state index in [9.17, 15) is 9.18 Å². The number of rotatable bonds is 7. The van der Waals surface area contributed by atoms with E-state index in [0.717, 1.165) is 0 Å². The lowest BCUT2D eigenvalue weighted by Gasteiger charge is -2.06. The van der Waals surface area contributed by atoms with E-state index in [1.165, 1.54) is 40.0 Å². The van der Waals surface area contributed by atoms with Crippen LogP contribution in [0.25, 0.3) is 0 Å². The summed E-state index contributed by atoms with van der Waals surface area (Å²) >= 11 is 18.1. The van der Waals surface area contributed by atoms with Crippen LogP contribution in [-0.2, 0) is 13.3 Å². The molecule has 0 aliphatic rings. The Hall–Kier alpha value is -3.14. The van der Waals surface area contributed by atoms with Crippen molar-refractivity contribution in [3.8, 4) is 5.75 Å². The number of carbonyl (C=O) groups excluding carboxylic acids is 1. The summed E-state index contributed by atoms with van der Waals surface area (Å²) in [4.78, 5) is 16.5. The van der Waals surface area contributed by atoms with Crippen molar-refractivity contribution in [1.29, 1.82) is 0 Å². The van der Waals surface area contributed by atoms with Crippen LogP contribution in [0.4, 0.5) is 10.3 Å². The maximum absolute atomic E-state index is 13.2. The Morgan fingerprint density at radius 2 is 1.81 bits per heavy atom. The van der Waals surface area contributed by atoms with Crippen LogP contribution in [0.3, 0.4) is 0 Å². The van der Waals surface area contributed by atoms with E-state index < -0.39 is 11.7 Å². The van der Waals surface area contributed by atoms with E-state index in [-0.39, 0.29) is 23.4 Å². The predicted molar refractivity (Wildman–Crippen MR) is 118 cm³/mol. The summed E-state index contributed by atoms with van der Waals surface area (Å²) in [5.41, 5.74) is 0.830. The number of anilines is 1. The molecule has 1 N–H and O–H groups in total. The Labute approximate surface area is 196 Å². The van der Waals surface area contributed by atoms with Gasteiger partial charge in [-0.15, -0.1) is 5.10 Å². The number of amides is 1. The van der Waals surface area contributed by atoms with E-state index in [1.807, 2.05) is 0 Å². The number of aromatic nitrogens is 5. The molecule has 2 aromatic heterocycles. The first-order chi connectivity index (χ1) is 15.4. The molecule has 0 saturated carbocycles. The van der Waals surface area contributed by atoms with E-state index in [4.69, 9.17) is 39.5 Å². The fourth-order valence-corrected chi connectivity index (χ4v) is 3.39. The highest BCUT2D eigenvalue weighted by molar-refractivity contribution is 6.36. The van der Waals surface area contributed by atoms with E-state index >= 15 is 0 Å². The molecule has 0 bridgehead atoms. The van der Waals surface area contributed by atoms with E-state index in [0.29, 0.717) is 27.9 Å². The third-order valence-corrected chi connectivity index (χ3v) is 5.27. The number of halogens is 4. The molecule has 164 valence electrons. The summed E-state index contributed by atoms with van der Waals surface area (Å²) in [6, 6.07) is 10.7. The number of nitrogens with one attached hydrogen (secondary N) is 1. The van der Waals surface area contributed by atoms with Crippen LogP contribution >= 0.6 is 34.8 Å². The molecular weight excluding hydrogens is 482 g/mol. The van der Waals surface area contributed by atoms with Crippen molar-refractivity contribution in [2.75, 3.05) is 5.32 Å². The summed E-state index contributed by atoms with van der Waals surface area (Å²) in [6.07, 6.45) is 3.01. The standard InChI is InChI=1S/C20H14Cl3FN6O2/c21-14-2-1-3-15(22)13(14)9-30-10-25-20(28-30)26-19(31)18-6-7-29(27-18)11-32-12-4-5-17(24)16(23)8-12/h1-8,10H,9,11H2,(H,26,28,31). The smallest absolute Gasteiger partial charge is 0.278 e. The minimum absolute atomic E-state index is 0.000707. The van der Waals surface area contributed by atoms with Crippen LogP contribution in [-0.4, -0.2) is 30.5 Å². The van der Waals surface area contributed by atoms with Gasteiger partial charge in [-0.2, -0.15) is 5.10 Å². The molecule has 2 aromatic carbocycles. The van der Waals surface area contributed by atoms with Gasteiger partial charge < -0.3 is 4.74 Å². The fourth-order valence-electron chi connectivity index (χ4n) is 2.70. The molecule has 4 aromatic rings. The third kappa shape index (κ3) is 5.18. The SMILES string of the molecule is O=C(Nc1ncn(Cc2c(Cl)cccc2Cl)n1)c1ccn(COc2ccc(F)c(Cl)c2)n1. The summed E-state index contributed by atoms with van der Waals surface area (Å²) in [5, 5.41) is 11.9. The lowest BCUT2D eigenvalue weighted by Crippen LogP contribution is -2.15. The highest BCUT2D eigenvalue weighted by Gasteiger charge is 2.14. The van der Waals surface area contributed by atoms with E-state index in [1.54, 1.807) is 24.4 Å². The van der Waals surface area contributed by atoms with Crippen LogP contribution in [0.1, 0.15) is 16.1 Å². The Bertz CT molecular complexity index is 1260. The zero-order valence-electron chi connectivity index (χ0n) is 16.2. The molecule has 1 amide bonds. The fraction of sp³-hybridized carbons (Fsp3) is 0.100. The maximum Gasteiger partial charge on any atom is 0.278 e. The first-order valence-corrected chi connectivity index (χ1v) is 10.3. The molecule has 0 radical (unpaired) electrons. The minimum Gasteiger partial charge on any atom is -0.471 e. The normalized spacial score (nSPS) is 10.9. The number of nitrogens with zero attached hydrogens (tertiary/aromatic N) is 5. The maximum atomic E-state index is 13.2. The van der Waals surface area contributed by atoms with Crippen LogP contribution in [0.15, 0.2) is 55.0 Å². The lowest BCUT2D eigenvalue weighted by molar-refractivity contribution is 0.101. The van der Waals surface area contributed by atoms with Crippen molar-refractivity contribution in [3.63, 3.8) is 0 Å².